The lowest BCUT2D eigenvalue weighted by molar-refractivity contribution is 0.0987. The Bertz CT molecular complexity index is 1280. The highest BCUT2D eigenvalue weighted by atomic mass is 16.2. The van der Waals surface area contributed by atoms with Crippen molar-refractivity contribution >= 4 is 22.9 Å². The maximum Gasteiger partial charge on any atom is 0.320 e. The van der Waals surface area contributed by atoms with E-state index in [9.17, 15) is 4.79 Å². The second-order valence-electron chi connectivity index (χ2n) is 12.2. The molecule has 222 valence electrons. The number of piperidine rings is 1. The lowest BCUT2D eigenvalue weighted by Crippen LogP contribution is -2.54. The van der Waals surface area contributed by atoms with Crippen molar-refractivity contribution in [3.05, 3.63) is 42.1 Å². The van der Waals surface area contributed by atoms with Crippen LogP contribution in [0.15, 0.2) is 30.7 Å². The maximum atomic E-state index is 13.4. The summed E-state index contributed by atoms with van der Waals surface area (Å²) >= 11 is 0. The SMILES string of the molecule is CCCc1cccc(Cn2ncc3c(N4CCN(C(=O)N5CCC(CN(C(C)C)C(C)C)CC5)CC4)ncnc32)n1. The molecule has 10 nitrogen and oxygen atoms in total. The van der Waals surface area contributed by atoms with Gasteiger partial charge in [-0.25, -0.2) is 19.4 Å². The first-order chi connectivity index (χ1) is 19.8. The molecule has 0 N–H and O–H groups in total. The van der Waals surface area contributed by atoms with Crippen LogP contribution in [0.1, 0.15) is 65.3 Å². The predicted octanol–water partition coefficient (Wildman–Crippen LogP) is 4.29. The molecule has 0 radical (unpaired) electrons. The number of amides is 2. The van der Waals surface area contributed by atoms with Gasteiger partial charge < -0.3 is 14.7 Å². The molecule has 10 heteroatoms. The minimum atomic E-state index is 0.186. The number of piperazine rings is 1. The van der Waals surface area contributed by atoms with Crippen LogP contribution in [-0.4, -0.2) is 103 Å². The number of hydrogen-bond acceptors (Lipinski definition) is 7. The first-order valence-corrected chi connectivity index (χ1v) is 15.5. The van der Waals surface area contributed by atoms with E-state index in [1.165, 1.54) is 0 Å². The van der Waals surface area contributed by atoms with Crippen LogP contribution in [-0.2, 0) is 13.0 Å². The normalized spacial score (nSPS) is 17.0. The molecule has 5 rings (SSSR count). The predicted molar refractivity (Wildman–Crippen MR) is 163 cm³/mol. The van der Waals surface area contributed by atoms with Gasteiger partial charge in [0.15, 0.2) is 5.65 Å². The first kappa shape index (κ1) is 29.2. The summed E-state index contributed by atoms with van der Waals surface area (Å²) in [6.45, 7) is 17.6. The van der Waals surface area contributed by atoms with Gasteiger partial charge in [-0.1, -0.05) is 19.4 Å². The quantitative estimate of drug-likeness (QED) is 0.385. The van der Waals surface area contributed by atoms with Crippen molar-refractivity contribution in [3.63, 3.8) is 0 Å². The van der Waals surface area contributed by atoms with Crippen LogP contribution in [0.4, 0.5) is 10.6 Å². The van der Waals surface area contributed by atoms with Gasteiger partial charge >= 0.3 is 6.03 Å². The molecule has 2 saturated heterocycles. The number of nitrogens with zero attached hydrogens (tertiary/aromatic N) is 9. The van der Waals surface area contributed by atoms with E-state index < -0.39 is 0 Å². The zero-order valence-corrected chi connectivity index (χ0v) is 25.5. The monoisotopic (exact) mass is 561 g/mol. The number of carbonyl (C=O) groups is 1. The molecule has 2 fully saturated rings. The molecule has 0 spiro atoms. The first-order valence-electron chi connectivity index (χ1n) is 15.5. The van der Waals surface area contributed by atoms with Crippen LogP contribution in [0, 0.1) is 5.92 Å². The van der Waals surface area contributed by atoms with E-state index in [-0.39, 0.29) is 6.03 Å². The molecule has 0 saturated carbocycles. The van der Waals surface area contributed by atoms with E-state index in [4.69, 9.17) is 4.98 Å². The van der Waals surface area contributed by atoms with Crippen molar-refractivity contribution < 1.29 is 4.79 Å². The summed E-state index contributed by atoms with van der Waals surface area (Å²) in [5.74, 6) is 1.56. The fourth-order valence-electron chi connectivity index (χ4n) is 6.35. The Hall–Kier alpha value is -3.27. The van der Waals surface area contributed by atoms with E-state index in [1.807, 2.05) is 21.8 Å². The summed E-state index contributed by atoms with van der Waals surface area (Å²) in [6.07, 6.45) is 7.71. The third-order valence-electron chi connectivity index (χ3n) is 8.63. The van der Waals surface area contributed by atoms with E-state index in [0.29, 0.717) is 37.6 Å². The van der Waals surface area contributed by atoms with Crippen molar-refractivity contribution in [2.45, 2.75) is 78.9 Å². The molecular weight excluding hydrogens is 514 g/mol. The number of aromatic nitrogens is 5. The number of urea groups is 1. The van der Waals surface area contributed by atoms with Gasteiger partial charge in [-0.05, 0) is 65.0 Å². The van der Waals surface area contributed by atoms with Gasteiger partial charge in [0.2, 0.25) is 0 Å². The number of rotatable bonds is 9. The second kappa shape index (κ2) is 13.1. The Morgan fingerprint density at radius 1 is 0.951 bits per heavy atom. The smallest absolute Gasteiger partial charge is 0.320 e. The Morgan fingerprint density at radius 3 is 2.32 bits per heavy atom. The Labute approximate surface area is 244 Å². The van der Waals surface area contributed by atoms with Gasteiger partial charge in [-0.3, -0.25) is 9.88 Å². The number of anilines is 1. The molecule has 2 amide bonds. The fraction of sp³-hybridized carbons (Fsp3) is 0.645. The van der Waals surface area contributed by atoms with Gasteiger partial charge in [-0.15, -0.1) is 0 Å². The van der Waals surface area contributed by atoms with Gasteiger partial charge in [0.25, 0.3) is 0 Å². The highest BCUT2D eigenvalue weighted by molar-refractivity contribution is 5.87. The molecule has 41 heavy (non-hydrogen) atoms. The molecule has 0 bridgehead atoms. The highest BCUT2D eigenvalue weighted by Crippen LogP contribution is 2.26. The molecule has 3 aromatic rings. The molecule has 5 heterocycles. The molecule has 3 aromatic heterocycles. The van der Waals surface area contributed by atoms with Crippen molar-refractivity contribution in [1.82, 2.24) is 39.4 Å². The average Bonchev–Trinajstić information content (AvgIpc) is 3.39. The summed E-state index contributed by atoms with van der Waals surface area (Å²) in [6, 6.07) is 7.47. The third kappa shape index (κ3) is 6.80. The Balaban J connectivity index is 1.16. The third-order valence-corrected chi connectivity index (χ3v) is 8.63. The van der Waals surface area contributed by atoms with E-state index in [1.54, 1.807) is 6.33 Å². The molecule has 0 aromatic carbocycles. The number of carbonyl (C=O) groups excluding carboxylic acids is 1. The lowest BCUT2D eigenvalue weighted by atomic mass is 9.95. The van der Waals surface area contributed by atoms with Crippen molar-refractivity contribution in [2.75, 3.05) is 50.7 Å². The summed E-state index contributed by atoms with van der Waals surface area (Å²) < 4.78 is 1.91. The number of pyridine rings is 1. The molecular formula is C31H47N9O. The van der Waals surface area contributed by atoms with Crippen LogP contribution >= 0.6 is 0 Å². The molecule has 0 unspecified atom stereocenters. The van der Waals surface area contributed by atoms with Crippen molar-refractivity contribution in [2.24, 2.45) is 5.92 Å². The molecule has 0 aliphatic carbocycles. The number of fused-ring (bicyclic) bond motifs is 1. The highest BCUT2D eigenvalue weighted by Gasteiger charge is 2.30. The summed E-state index contributed by atoms with van der Waals surface area (Å²) in [5, 5.41) is 5.58. The van der Waals surface area contributed by atoms with Gasteiger partial charge in [0, 0.05) is 63.6 Å². The zero-order valence-electron chi connectivity index (χ0n) is 25.5. The van der Waals surface area contributed by atoms with E-state index in [0.717, 1.165) is 86.6 Å². The van der Waals surface area contributed by atoms with Gasteiger partial charge in [-0.2, -0.15) is 5.10 Å². The average molecular weight is 562 g/mol. The van der Waals surface area contributed by atoms with Crippen LogP contribution in [0.3, 0.4) is 0 Å². The van der Waals surface area contributed by atoms with E-state index in [2.05, 4.69) is 76.5 Å². The topological polar surface area (TPSA) is 86.5 Å². The second-order valence-corrected chi connectivity index (χ2v) is 12.2. The Kier molecular flexibility index (Phi) is 9.37. The van der Waals surface area contributed by atoms with Crippen LogP contribution in [0.2, 0.25) is 0 Å². The minimum absolute atomic E-state index is 0.186. The van der Waals surface area contributed by atoms with E-state index >= 15 is 0 Å². The molecule has 2 aliphatic rings. The standard InChI is InChI=1S/C31H47N9O/c1-6-8-26-9-7-10-27(35-26)21-40-30-28(19-34-40)29(32-22-33-30)36-15-17-38(18-16-36)31(41)37-13-11-25(12-14-37)20-39(23(2)3)24(4)5/h7,9-10,19,22-25H,6,8,11-18,20-21H2,1-5H3. The lowest BCUT2D eigenvalue weighted by Gasteiger charge is -2.41. The van der Waals surface area contributed by atoms with Gasteiger partial charge in [0.05, 0.1) is 23.8 Å². The maximum absolute atomic E-state index is 13.4. The summed E-state index contributed by atoms with van der Waals surface area (Å²) in [4.78, 5) is 36.3. The fourth-order valence-corrected chi connectivity index (χ4v) is 6.35. The minimum Gasteiger partial charge on any atom is -0.352 e. The van der Waals surface area contributed by atoms with Crippen LogP contribution in [0.5, 0.6) is 0 Å². The largest absolute Gasteiger partial charge is 0.352 e. The summed E-state index contributed by atoms with van der Waals surface area (Å²) in [5.41, 5.74) is 2.90. The van der Waals surface area contributed by atoms with Gasteiger partial charge in [0.1, 0.15) is 12.1 Å². The van der Waals surface area contributed by atoms with Crippen molar-refractivity contribution in [1.29, 1.82) is 0 Å². The summed E-state index contributed by atoms with van der Waals surface area (Å²) in [7, 11) is 0. The number of hydrogen-bond donors (Lipinski definition) is 0. The zero-order chi connectivity index (χ0) is 28.9. The Morgan fingerprint density at radius 2 is 1.63 bits per heavy atom. The number of likely N-dealkylation sites (tertiary alicyclic amines) is 1. The van der Waals surface area contributed by atoms with Crippen LogP contribution < -0.4 is 4.90 Å². The molecule has 0 atom stereocenters. The molecule has 2 aliphatic heterocycles. The number of aryl methyl sites for hydroxylation is 1. The van der Waals surface area contributed by atoms with Crippen molar-refractivity contribution in [3.8, 4) is 0 Å². The van der Waals surface area contributed by atoms with Crippen LogP contribution in [0.25, 0.3) is 11.0 Å².